The van der Waals surface area contributed by atoms with Crippen LogP contribution in [0.1, 0.15) is 58.4 Å². The van der Waals surface area contributed by atoms with E-state index in [2.05, 4.69) is 21.5 Å². The molecule has 2 aromatic rings. The monoisotopic (exact) mass is 438 g/mol. The SMILES string of the molecule is Cc1ccccc1C(=O)NC(=S)NNC(=O)c1ccc(NC(=O)C2CCCCC2)cc1. The Morgan fingerprint density at radius 1 is 0.871 bits per heavy atom. The van der Waals surface area contributed by atoms with E-state index >= 15 is 0 Å². The maximum Gasteiger partial charge on any atom is 0.269 e. The molecule has 4 N–H and O–H groups in total. The maximum absolute atomic E-state index is 12.3. The third-order valence-corrected chi connectivity index (χ3v) is 5.50. The first kappa shape index (κ1) is 22.4. The summed E-state index contributed by atoms with van der Waals surface area (Å²) >= 11 is 5.07. The standard InChI is InChI=1S/C23H26N4O3S/c1-15-7-5-6-10-19(15)22(30)25-23(31)27-26-21(29)17-11-13-18(14-12-17)24-20(28)16-8-3-2-4-9-16/h5-7,10-14,16H,2-4,8-9H2,1H3,(H,24,28)(H,26,29)(H2,25,27,30,31). The second-order valence-corrected chi connectivity index (χ2v) is 7.99. The fraction of sp³-hybridized carbons (Fsp3) is 0.304. The van der Waals surface area contributed by atoms with Gasteiger partial charge in [-0.25, -0.2) is 0 Å². The Bertz CT molecular complexity index is 969. The van der Waals surface area contributed by atoms with E-state index in [0.717, 1.165) is 31.2 Å². The Morgan fingerprint density at radius 2 is 1.55 bits per heavy atom. The number of nitrogens with one attached hydrogen (secondary N) is 4. The molecule has 0 aromatic heterocycles. The van der Waals surface area contributed by atoms with Gasteiger partial charge in [-0.2, -0.15) is 0 Å². The molecule has 1 aliphatic carbocycles. The molecule has 31 heavy (non-hydrogen) atoms. The van der Waals surface area contributed by atoms with Crippen molar-refractivity contribution < 1.29 is 14.4 Å². The molecule has 7 nitrogen and oxygen atoms in total. The highest BCUT2D eigenvalue weighted by atomic mass is 32.1. The van der Waals surface area contributed by atoms with Crippen molar-refractivity contribution in [3.8, 4) is 0 Å². The third kappa shape index (κ3) is 6.36. The Kier molecular flexibility index (Phi) is 7.72. The minimum atomic E-state index is -0.419. The minimum Gasteiger partial charge on any atom is -0.326 e. The second kappa shape index (κ2) is 10.7. The molecule has 0 aliphatic heterocycles. The molecule has 2 aromatic carbocycles. The van der Waals surface area contributed by atoms with Crippen molar-refractivity contribution in [2.24, 2.45) is 5.92 Å². The van der Waals surface area contributed by atoms with Gasteiger partial charge in [0.05, 0.1) is 0 Å². The zero-order valence-electron chi connectivity index (χ0n) is 17.4. The van der Waals surface area contributed by atoms with E-state index < -0.39 is 5.91 Å². The fourth-order valence-electron chi connectivity index (χ4n) is 3.53. The van der Waals surface area contributed by atoms with Gasteiger partial charge in [0, 0.05) is 22.7 Å². The summed E-state index contributed by atoms with van der Waals surface area (Å²) in [7, 11) is 0. The Balaban J connectivity index is 1.46. The maximum atomic E-state index is 12.3. The topological polar surface area (TPSA) is 99.3 Å². The first-order valence-electron chi connectivity index (χ1n) is 10.3. The number of amides is 3. The quantitative estimate of drug-likeness (QED) is 0.433. The zero-order valence-corrected chi connectivity index (χ0v) is 18.2. The van der Waals surface area contributed by atoms with E-state index in [1.807, 2.05) is 19.1 Å². The molecular formula is C23H26N4O3S. The van der Waals surface area contributed by atoms with Crippen molar-refractivity contribution in [3.63, 3.8) is 0 Å². The fourth-order valence-corrected chi connectivity index (χ4v) is 3.67. The molecule has 0 saturated heterocycles. The molecular weight excluding hydrogens is 412 g/mol. The van der Waals surface area contributed by atoms with Gasteiger partial charge in [-0.1, -0.05) is 37.5 Å². The predicted octanol–water partition coefficient (Wildman–Crippen LogP) is 3.46. The Hall–Kier alpha value is -3.26. The lowest BCUT2D eigenvalue weighted by Crippen LogP contribution is -2.48. The van der Waals surface area contributed by atoms with Crippen LogP contribution in [0, 0.1) is 12.8 Å². The summed E-state index contributed by atoms with van der Waals surface area (Å²) in [6.07, 6.45) is 5.24. The molecule has 3 amide bonds. The van der Waals surface area contributed by atoms with Gasteiger partial charge in [0.25, 0.3) is 11.8 Å². The molecule has 0 bridgehead atoms. The number of carbonyl (C=O) groups is 3. The molecule has 162 valence electrons. The molecule has 8 heteroatoms. The zero-order chi connectivity index (χ0) is 22.2. The number of hydrazine groups is 1. The minimum absolute atomic E-state index is 0.0158. The van der Waals surface area contributed by atoms with E-state index in [9.17, 15) is 14.4 Å². The molecule has 0 heterocycles. The van der Waals surface area contributed by atoms with E-state index in [1.54, 1.807) is 36.4 Å². The lowest BCUT2D eigenvalue weighted by atomic mass is 9.88. The van der Waals surface area contributed by atoms with Gasteiger partial charge in [0.1, 0.15) is 0 Å². The molecule has 0 radical (unpaired) electrons. The largest absolute Gasteiger partial charge is 0.326 e. The van der Waals surface area contributed by atoms with E-state index in [4.69, 9.17) is 12.2 Å². The summed E-state index contributed by atoms with van der Waals surface area (Å²) in [5.74, 6) is -0.675. The normalized spacial score (nSPS) is 13.7. The van der Waals surface area contributed by atoms with Gasteiger partial charge in [-0.3, -0.25) is 30.6 Å². The average molecular weight is 439 g/mol. The number of carbonyl (C=O) groups excluding carboxylic acids is 3. The van der Waals surface area contributed by atoms with E-state index in [1.165, 1.54) is 6.42 Å². The number of hydrogen-bond donors (Lipinski definition) is 4. The number of aryl methyl sites for hydroxylation is 1. The number of benzene rings is 2. The number of hydrogen-bond acceptors (Lipinski definition) is 4. The second-order valence-electron chi connectivity index (χ2n) is 7.58. The van der Waals surface area contributed by atoms with Gasteiger partial charge in [0.15, 0.2) is 5.11 Å². The van der Waals surface area contributed by atoms with Crippen LogP contribution < -0.4 is 21.5 Å². The van der Waals surface area contributed by atoms with Gasteiger partial charge < -0.3 is 5.32 Å². The number of thiocarbonyl (C=S) groups is 1. The summed E-state index contributed by atoms with van der Waals surface area (Å²) in [5, 5.41) is 5.42. The highest BCUT2D eigenvalue weighted by Gasteiger charge is 2.21. The lowest BCUT2D eigenvalue weighted by Gasteiger charge is -2.20. The lowest BCUT2D eigenvalue weighted by molar-refractivity contribution is -0.120. The van der Waals surface area contributed by atoms with Gasteiger partial charge >= 0.3 is 0 Å². The van der Waals surface area contributed by atoms with Crippen LogP contribution in [0.5, 0.6) is 0 Å². The van der Waals surface area contributed by atoms with Crippen molar-refractivity contribution in [1.29, 1.82) is 0 Å². The van der Waals surface area contributed by atoms with Gasteiger partial charge in [-0.05, 0) is 67.9 Å². The summed E-state index contributed by atoms with van der Waals surface area (Å²) in [4.78, 5) is 36.9. The molecule has 0 atom stereocenters. The highest BCUT2D eigenvalue weighted by molar-refractivity contribution is 7.80. The van der Waals surface area contributed by atoms with Crippen molar-refractivity contribution in [1.82, 2.24) is 16.2 Å². The van der Waals surface area contributed by atoms with Gasteiger partial charge in [-0.15, -0.1) is 0 Å². The number of rotatable bonds is 4. The smallest absolute Gasteiger partial charge is 0.269 e. The first-order valence-corrected chi connectivity index (χ1v) is 10.7. The molecule has 3 rings (SSSR count). The number of anilines is 1. The van der Waals surface area contributed by atoms with Crippen LogP contribution in [0.25, 0.3) is 0 Å². The Morgan fingerprint density at radius 3 is 2.23 bits per heavy atom. The van der Waals surface area contributed by atoms with Crippen LogP contribution in [0.2, 0.25) is 0 Å². The van der Waals surface area contributed by atoms with Crippen LogP contribution in [-0.4, -0.2) is 22.8 Å². The van der Waals surface area contributed by atoms with Crippen LogP contribution >= 0.6 is 12.2 Å². The summed E-state index contributed by atoms with van der Waals surface area (Å²) < 4.78 is 0. The summed E-state index contributed by atoms with van der Waals surface area (Å²) in [6, 6.07) is 13.7. The van der Waals surface area contributed by atoms with Crippen LogP contribution in [0.4, 0.5) is 5.69 Å². The third-order valence-electron chi connectivity index (χ3n) is 5.30. The summed E-state index contributed by atoms with van der Waals surface area (Å²) in [6.45, 7) is 1.83. The summed E-state index contributed by atoms with van der Waals surface area (Å²) in [5.41, 5.74) is 7.34. The highest BCUT2D eigenvalue weighted by Crippen LogP contribution is 2.25. The first-order chi connectivity index (χ1) is 14.9. The van der Waals surface area contributed by atoms with Crippen LogP contribution in [-0.2, 0) is 4.79 Å². The van der Waals surface area contributed by atoms with Crippen LogP contribution in [0.15, 0.2) is 48.5 Å². The van der Waals surface area contributed by atoms with Gasteiger partial charge in [0.2, 0.25) is 5.91 Å². The van der Waals surface area contributed by atoms with Crippen molar-refractivity contribution in [2.45, 2.75) is 39.0 Å². The van der Waals surface area contributed by atoms with Crippen LogP contribution in [0.3, 0.4) is 0 Å². The van der Waals surface area contributed by atoms with E-state index in [0.29, 0.717) is 16.8 Å². The van der Waals surface area contributed by atoms with Crippen molar-refractivity contribution in [3.05, 3.63) is 65.2 Å². The van der Waals surface area contributed by atoms with E-state index in [-0.39, 0.29) is 22.8 Å². The molecule has 0 unspecified atom stereocenters. The molecule has 1 saturated carbocycles. The van der Waals surface area contributed by atoms with Crippen molar-refractivity contribution in [2.75, 3.05) is 5.32 Å². The molecule has 1 aliphatic rings. The predicted molar refractivity (Wildman–Crippen MR) is 123 cm³/mol. The average Bonchev–Trinajstić information content (AvgIpc) is 2.78. The molecule has 0 spiro atoms. The van der Waals surface area contributed by atoms with Crippen molar-refractivity contribution >= 4 is 40.7 Å². The Labute approximate surface area is 187 Å². The molecule has 1 fully saturated rings.